The van der Waals surface area contributed by atoms with E-state index >= 15 is 0 Å². The number of nitrogens with one attached hydrogen (secondary N) is 1. The Labute approximate surface area is 99.7 Å². The van der Waals surface area contributed by atoms with Gasteiger partial charge in [0.2, 0.25) is 0 Å². The van der Waals surface area contributed by atoms with Crippen LogP contribution in [0.5, 0.6) is 0 Å². The van der Waals surface area contributed by atoms with Crippen LogP contribution in [-0.4, -0.2) is 18.8 Å². The first kappa shape index (κ1) is 11.8. The van der Waals surface area contributed by atoms with E-state index < -0.39 is 0 Å². The molecular weight excluding hydrogens is 229 g/mol. The van der Waals surface area contributed by atoms with Gasteiger partial charge >= 0.3 is 0 Å². The number of hydrogen-bond donors (Lipinski definition) is 1. The summed E-state index contributed by atoms with van der Waals surface area (Å²) in [5.41, 5.74) is 0.642. The summed E-state index contributed by atoms with van der Waals surface area (Å²) >= 11 is 5.69. The van der Waals surface area contributed by atoms with Crippen molar-refractivity contribution in [2.24, 2.45) is 0 Å². The maximum Gasteiger partial charge on any atom is 0.129 e. The fourth-order valence-corrected chi connectivity index (χ4v) is 2.06. The second-order valence-electron chi connectivity index (χ2n) is 4.09. The SMILES string of the molecule is CC1OCCC1NCc1ccc(Cl)cc1F. The van der Waals surface area contributed by atoms with Crippen LogP contribution in [0.25, 0.3) is 0 Å². The molecule has 0 aromatic heterocycles. The van der Waals surface area contributed by atoms with Crippen LogP contribution in [0.2, 0.25) is 5.02 Å². The minimum Gasteiger partial charge on any atom is -0.377 e. The fraction of sp³-hybridized carbons (Fsp3) is 0.500. The zero-order valence-electron chi connectivity index (χ0n) is 9.17. The number of ether oxygens (including phenoxy) is 1. The minimum atomic E-state index is -0.258. The highest BCUT2D eigenvalue weighted by atomic mass is 35.5. The summed E-state index contributed by atoms with van der Waals surface area (Å²) in [5.74, 6) is -0.258. The van der Waals surface area contributed by atoms with Gasteiger partial charge < -0.3 is 10.1 Å². The summed E-state index contributed by atoms with van der Waals surface area (Å²) in [5, 5.41) is 3.73. The van der Waals surface area contributed by atoms with Gasteiger partial charge in [0.05, 0.1) is 6.10 Å². The summed E-state index contributed by atoms with van der Waals surface area (Å²) in [4.78, 5) is 0. The lowest BCUT2D eigenvalue weighted by Crippen LogP contribution is -2.34. The third kappa shape index (κ3) is 2.73. The molecule has 0 spiro atoms. The predicted octanol–water partition coefficient (Wildman–Crippen LogP) is 2.75. The van der Waals surface area contributed by atoms with E-state index in [1.807, 2.05) is 6.92 Å². The summed E-state index contributed by atoms with van der Waals surface area (Å²) in [6.45, 7) is 3.33. The average Bonchev–Trinajstić information content (AvgIpc) is 2.63. The lowest BCUT2D eigenvalue weighted by atomic mass is 10.1. The lowest BCUT2D eigenvalue weighted by molar-refractivity contribution is 0.113. The quantitative estimate of drug-likeness (QED) is 0.882. The van der Waals surface area contributed by atoms with E-state index in [1.54, 1.807) is 12.1 Å². The van der Waals surface area contributed by atoms with Crippen molar-refractivity contribution in [2.45, 2.75) is 32.0 Å². The molecule has 1 aliphatic rings. The Morgan fingerprint density at radius 1 is 1.56 bits per heavy atom. The smallest absolute Gasteiger partial charge is 0.129 e. The Kier molecular flexibility index (Phi) is 3.79. The third-order valence-electron chi connectivity index (χ3n) is 2.95. The standard InChI is InChI=1S/C12H15ClFNO/c1-8-12(4-5-16-8)15-7-9-2-3-10(13)6-11(9)14/h2-3,6,8,12,15H,4-5,7H2,1H3. The molecule has 0 radical (unpaired) electrons. The van der Waals surface area contributed by atoms with E-state index in [2.05, 4.69) is 5.32 Å². The lowest BCUT2D eigenvalue weighted by Gasteiger charge is -2.16. The Morgan fingerprint density at radius 3 is 3.00 bits per heavy atom. The molecule has 1 saturated heterocycles. The van der Waals surface area contributed by atoms with Gasteiger partial charge in [-0.1, -0.05) is 17.7 Å². The summed E-state index contributed by atoms with van der Waals surface area (Å²) in [6, 6.07) is 5.07. The molecule has 1 aliphatic heterocycles. The molecule has 2 rings (SSSR count). The molecule has 2 atom stereocenters. The van der Waals surface area contributed by atoms with Gasteiger partial charge in [-0.15, -0.1) is 0 Å². The fourth-order valence-electron chi connectivity index (χ4n) is 1.91. The van der Waals surface area contributed by atoms with E-state index in [1.165, 1.54) is 6.07 Å². The van der Waals surface area contributed by atoms with Crippen molar-refractivity contribution >= 4 is 11.6 Å². The van der Waals surface area contributed by atoms with Crippen molar-refractivity contribution in [3.63, 3.8) is 0 Å². The number of benzene rings is 1. The molecule has 1 aromatic rings. The van der Waals surface area contributed by atoms with Crippen molar-refractivity contribution in [1.82, 2.24) is 5.32 Å². The highest BCUT2D eigenvalue weighted by Gasteiger charge is 2.23. The molecule has 88 valence electrons. The Balaban J connectivity index is 1.94. The van der Waals surface area contributed by atoms with Crippen molar-refractivity contribution in [1.29, 1.82) is 0 Å². The molecule has 1 fully saturated rings. The van der Waals surface area contributed by atoms with Crippen molar-refractivity contribution in [3.8, 4) is 0 Å². The van der Waals surface area contributed by atoms with Crippen LogP contribution < -0.4 is 5.32 Å². The maximum absolute atomic E-state index is 13.5. The van der Waals surface area contributed by atoms with Gasteiger partial charge in [-0.25, -0.2) is 4.39 Å². The van der Waals surface area contributed by atoms with Gasteiger partial charge in [-0.2, -0.15) is 0 Å². The molecule has 0 aliphatic carbocycles. The predicted molar refractivity (Wildman–Crippen MR) is 62.1 cm³/mol. The Bertz CT molecular complexity index is 372. The summed E-state index contributed by atoms with van der Waals surface area (Å²) < 4.78 is 18.9. The number of rotatable bonds is 3. The van der Waals surface area contributed by atoms with Crippen LogP contribution >= 0.6 is 11.6 Å². The molecule has 1 heterocycles. The molecular formula is C12H15ClFNO. The normalized spacial score (nSPS) is 24.9. The summed E-state index contributed by atoms with van der Waals surface area (Å²) in [7, 11) is 0. The zero-order valence-corrected chi connectivity index (χ0v) is 9.93. The first-order valence-electron chi connectivity index (χ1n) is 5.46. The first-order chi connectivity index (χ1) is 7.66. The number of halogens is 2. The second-order valence-corrected chi connectivity index (χ2v) is 4.52. The van der Waals surface area contributed by atoms with Gasteiger partial charge in [0.25, 0.3) is 0 Å². The molecule has 0 bridgehead atoms. The van der Waals surface area contributed by atoms with Crippen LogP contribution in [0.15, 0.2) is 18.2 Å². The highest BCUT2D eigenvalue weighted by molar-refractivity contribution is 6.30. The molecule has 16 heavy (non-hydrogen) atoms. The third-order valence-corrected chi connectivity index (χ3v) is 3.18. The Morgan fingerprint density at radius 2 is 2.38 bits per heavy atom. The topological polar surface area (TPSA) is 21.3 Å². The van der Waals surface area contributed by atoms with Gasteiger partial charge in [-0.05, 0) is 25.5 Å². The average molecular weight is 244 g/mol. The van der Waals surface area contributed by atoms with E-state index in [-0.39, 0.29) is 11.9 Å². The van der Waals surface area contributed by atoms with Crippen molar-refractivity contribution < 1.29 is 9.13 Å². The molecule has 1 aromatic carbocycles. The summed E-state index contributed by atoms with van der Waals surface area (Å²) in [6.07, 6.45) is 1.19. The largest absolute Gasteiger partial charge is 0.377 e. The van der Waals surface area contributed by atoms with Crippen molar-refractivity contribution in [3.05, 3.63) is 34.6 Å². The highest BCUT2D eigenvalue weighted by Crippen LogP contribution is 2.16. The molecule has 2 nitrogen and oxygen atoms in total. The van der Waals surface area contributed by atoms with E-state index in [0.29, 0.717) is 23.2 Å². The monoisotopic (exact) mass is 243 g/mol. The van der Waals surface area contributed by atoms with E-state index in [0.717, 1.165) is 13.0 Å². The van der Waals surface area contributed by atoms with E-state index in [9.17, 15) is 4.39 Å². The molecule has 1 N–H and O–H groups in total. The zero-order chi connectivity index (χ0) is 11.5. The van der Waals surface area contributed by atoms with Gasteiger partial charge in [0.1, 0.15) is 5.82 Å². The van der Waals surface area contributed by atoms with Gasteiger partial charge in [0.15, 0.2) is 0 Å². The second kappa shape index (κ2) is 5.13. The van der Waals surface area contributed by atoms with Crippen LogP contribution in [-0.2, 0) is 11.3 Å². The number of hydrogen-bond acceptors (Lipinski definition) is 2. The molecule has 0 amide bonds. The minimum absolute atomic E-state index is 0.204. The van der Waals surface area contributed by atoms with Crippen molar-refractivity contribution in [2.75, 3.05) is 6.61 Å². The van der Waals surface area contributed by atoms with Gasteiger partial charge in [0, 0.05) is 29.8 Å². The van der Waals surface area contributed by atoms with Crippen LogP contribution in [0.1, 0.15) is 18.9 Å². The van der Waals surface area contributed by atoms with Crippen LogP contribution in [0.3, 0.4) is 0 Å². The Hall–Kier alpha value is -0.640. The van der Waals surface area contributed by atoms with Gasteiger partial charge in [-0.3, -0.25) is 0 Å². The van der Waals surface area contributed by atoms with Crippen LogP contribution in [0, 0.1) is 5.82 Å². The first-order valence-corrected chi connectivity index (χ1v) is 5.83. The van der Waals surface area contributed by atoms with Crippen LogP contribution in [0.4, 0.5) is 4.39 Å². The maximum atomic E-state index is 13.5. The van der Waals surface area contributed by atoms with E-state index in [4.69, 9.17) is 16.3 Å². The molecule has 0 saturated carbocycles. The molecule has 4 heteroatoms. The molecule has 2 unspecified atom stereocenters.